The molecule has 0 fully saturated rings. The third kappa shape index (κ3) is 5.29. The molecular formula is C23H22N2O5S. The van der Waals surface area contributed by atoms with Crippen LogP contribution in [0.1, 0.15) is 33.2 Å². The van der Waals surface area contributed by atoms with Crippen molar-refractivity contribution in [1.29, 1.82) is 0 Å². The smallest absolute Gasteiger partial charge is 0.340 e. The van der Waals surface area contributed by atoms with Crippen LogP contribution in [-0.2, 0) is 14.8 Å². The van der Waals surface area contributed by atoms with E-state index in [4.69, 9.17) is 4.74 Å². The van der Waals surface area contributed by atoms with Gasteiger partial charge in [0.25, 0.3) is 15.9 Å². The predicted molar refractivity (Wildman–Crippen MR) is 119 cm³/mol. The molecule has 3 aromatic carbocycles. The van der Waals surface area contributed by atoms with E-state index in [1.165, 1.54) is 24.3 Å². The standard InChI is InChI=1S/C23H22N2O5S/c1-3-30-23(27)19-11-7-8-12-21(19)24-22(26)17-13-14-20(16(2)15-17)25-31(28,29)18-9-5-4-6-10-18/h4-15,25H,3H2,1-2H3,(H,24,26). The van der Waals surface area contributed by atoms with Crippen molar-refractivity contribution >= 4 is 33.3 Å². The largest absolute Gasteiger partial charge is 0.462 e. The second-order valence-corrected chi connectivity index (χ2v) is 8.35. The number of ether oxygens (including phenoxy) is 1. The summed E-state index contributed by atoms with van der Waals surface area (Å²) in [5, 5.41) is 2.71. The second kappa shape index (κ2) is 9.44. The fraction of sp³-hybridized carbons (Fsp3) is 0.130. The molecule has 0 aliphatic carbocycles. The lowest BCUT2D eigenvalue weighted by molar-refractivity contribution is 0.0527. The van der Waals surface area contributed by atoms with Crippen LogP contribution in [0.4, 0.5) is 11.4 Å². The normalized spacial score (nSPS) is 10.9. The zero-order chi connectivity index (χ0) is 22.4. The van der Waals surface area contributed by atoms with E-state index >= 15 is 0 Å². The Morgan fingerprint density at radius 3 is 2.26 bits per heavy atom. The minimum absolute atomic E-state index is 0.145. The first kappa shape index (κ1) is 22.0. The summed E-state index contributed by atoms with van der Waals surface area (Å²) < 4.78 is 32.6. The average molecular weight is 439 g/mol. The summed E-state index contributed by atoms with van der Waals surface area (Å²) in [6.07, 6.45) is 0. The van der Waals surface area contributed by atoms with Crippen molar-refractivity contribution in [2.45, 2.75) is 18.7 Å². The van der Waals surface area contributed by atoms with Gasteiger partial charge in [0.1, 0.15) is 0 Å². The lowest BCUT2D eigenvalue weighted by atomic mass is 10.1. The summed E-state index contributed by atoms with van der Waals surface area (Å²) in [6, 6.07) is 19.2. The number of hydrogen-bond donors (Lipinski definition) is 2. The molecule has 0 atom stereocenters. The van der Waals surface area contributed by atoms with Gasteiger partial charge in [-0.15, -0.1) is 0 Å². The van der Waals surface area contributed by atoms with Gasteiger partial charge < -0.3 is 10.1 Å². The number of amides is 1. The van der Waals surface area contributed by atoms with E-state index in [0.717, 1.165) is 0 Å². The molecule has 0 aromatic heterocycles. The maximum atomic E-state index is 12.7. The Labute approximate surface area is 181 Å². The van der Waals surface area contributed by atoms with Crippen LogP contribution in [0, 0.1) is 6.92 Å². The summed E-state index contributed by atoms with van der Waals surface area (Å²) in [5.41, 5.74) is 1.84. The predicted octanol–water partition coefficient (Wildman–Crippen LogP) is 4.22. The van der Waals surface area contributed by atoms with Gasteiger partial charge in [-0.2, -0.15) is 0 Å². The number of hydrogen-bond acceptors (Lipinski definition) is 5. The van der Waals surface area contributed by atoms with Gasteiger partial charge in [0.2, 0.25) is 0 Å². The summed E-state index contributed by atoms with van der Waals surface area (Å²) >= 11 is 0. The third-order valence-corrected chi connectivity index (χ3v) is 5.84. The Balaban J connectivity index is 1.79. The SMILES string of the molecule is CCOC(=O)c1ccccc1NC(=O)c1ccc(NS(=O)(=O)c2ccccc2)c(C)c1. The number of nitrogens with one attached hydrogen (secondary N) is 2. The molecule has 2 N–H and O–H groups in total. The van der Waals surface area contributed by atoms with Gasteiger partial charge in [-0.3, -0.25) is 9.52 Å². The quantitative estimate of drug-likeness (QED) is 0.538. The van der Waals surface area contributed by atoms with Gasteiger partial charge in [-0.1, -0.05) is 30.3 Å². The molecule has 3 aromatic rings. The highest BCUT2D eigenvalue weighted by Crippen LogP contribution is 2.22. The van der Waals surface area contributed by atoms with E-state index in [0.29, 0.717) is 22.5 Å². The van der Waals surface area contributed by atoms with Crippen molar-refractivity contribution in [1.82, 2.24) is 0 Å². The first-order valence-corrected chi connectivity index (χ1v) is 11.1. The Bertz CT molecular complexity index is 1210. The highest BCUT2D eigenvalue weighted by atomic mass is 32.2. The molecule has 0 aliphatic rings. The Morgan fingerprint density at radius 2 is 1.58 bits per heavy atom. The molecule has 31 heavy (non-hydrogen) atoms. The maximum absolute atomic E-state index is 12.7. The number of aryl methyl sites for hydroxylation is 1. The number of sulfonamides is 1. The Kier molecular flexibility index (Phi) is 6.71. The van der Waals surface area contributed by atoms with Crippen molar-refractivity contribution in [3.05, 3.63) is 89.5 Å². The van der Waals surface area contributed by atoms with Crippen LogP contribution in [0.3, 0.4) is 0 Å². The fourth-order valence-corrected chi connectivity index (χ4v) is 4.05. The van der Waals surface area contributed by atoms with E-state index in [1.807, 2.05) is 0 Å². The average Bonchev–Trinajstić information content (AvgIpc) is 2.76. The van der Waals surface area contributed by atoms with Crippen molar-refractivity contribution < 1.29 is 22.7 Å². The lowest BCUT2D eigenvalue weighted by Crippen LogP contribution is -2.17. The first-order valence-electron chi connectivity index (χ1n) is 9.58. The summed E-state index contributed by atoms with van der Waals surface area (Å²) in [6.45, 7) is 3.63. The minimum Gasteiger partial charge on any atom is -0.462 e. The number of rotatable bonds is 7. The molecule has 8 heteroatoms. The Morgan fingerprint density at radius 1 is 0.903 bits per heavy atom. The number of carbonyl (C=O) groups is 2. The monoisotopic (exact) mass is 438 g/mol. The molecule has 0 aliphatic heterocycles. The van der Waals surface area contributed by atoms with Crippen LogP contribution >= 0.6 is 0 Å². The van der Waals surface area contributed by atoms with E-state index in [-0.39, 0.29) is 17.1 Å². The van der Waals surface area contributed by atoms with Gasteiger partial charge in [0.15, 0.2) is 0 Å². The molecule has 0 bridgehead atoms. The van der Waals surface area contributed by atoms with Crippen LogP contribution < -0.4 is 10.0 Å². The maximum Gasteiger partial charge on any atom is 0.340 e. The van der Waals surface area contributed by atoms with Crippen molar-refractivity contribution in [2.75, 3.05) is 16.6 Å². The first-order chi connectivity index (χ1) is 14.8. The van der Waals surface area contributed by atoms with Crippen molar-refractivity contribution in [3.63, 3.8) is 0 Å². The molecule has 0 saturated heterocycles. The van der Waals surface area contributed by atoms with Gasteiger partial charge in [-0.25, -0.2) is 13.2 Å². The van der Waals surface area contributed by atoms with Crippen molar-refractivity contribution in [2.24, 2.45) is 0 Å². The molecule has 1 amide bonds. The molecule has 0 unspecified atom stereocenters. The molecular weight excluding hydrogens is 416 g/mol. The molecule has 0 heterocycles. The van der Waals surface area contributed by atoms with Crippen LogP contribution in [0.5, 0.6) is 0 Å². The van der Waals surface area contributed by atoms with Crippen LogP contribution in [0.15, 0.2) is 77.7 Å². The molecule has 7 nitrogen and oxygen atoms in total. The van der Waals surface area contributed by atoms with E-state index in [1.54, 1.807) is 62.4 Å². The minimum atomic E-state index is -3.74. The van der Waals surface area contributed by atoms with Gasteiger partial charge in [-0.05, 0) is 61.9 Å². The second-order valence-electron chi connectivity index (χ2n) is 6.67. The van der Waals surface area contributed by atoms with Crippen LogP contribution in [0.25, 0.3) is 0 Å². The van der Waals surface area contributed by atoms with Crippen LogP contribution in [-0.4, -0.2) is 26.9 Å². The van der Waals surface area contributed by atoms with Crippen molar-refractivity contribution in [3.8, 4) is 0 Å². The van der Waals surface area contributed by atoms with Gasteiger partial charge >= 0.3 is 5.97 Å². The summed E-state index contributed by atoms with van der Waals surface area (Å²) in [4.78, 5) is 25.0. The highest BCUT2D eigenvalue weighted by Gasteiger charge is 2.17. The molecule has 0 spiro atoms. The van der Waals surface area contributed by atoms with Gasteiger partial charge in [0, 0.05) is 5.56 Å². The fourth-order valence-electron chi connectivity index (χ4n) is 2.90. The van der Waals surface area contributed by atoms with Gasteiger partial charge in [0.05, 0.1) is 28.4 Å². The molecule has 0 saturated carbocycles. The zero-order valence-corrected chi connectivity index (χ0v) is 17.9. The number of esters is 1. The lowest BCUT2D eigenvalue weighted by Gasteiger charge is -2.13. The van der Waals surface area contributed by atoms with Crippen LogP contribution in [0.2, 0.25) is 0 Å². The number of anilines is 2. The zero-order valence-electron chi connectivity index (χ0n) is 17.1. The molecule has 160 valence electrons. The molecule has 3 rings (SSSR count). The third-order valence-electron chi connectivity index (χ3n) is 4.46. The number of carbonyl (C=O) groups excluding carboxylic acids is 2. The van der Waals surface area contributed by atoms with E-state index in [2.05, 4.69) is 10.0 Å². The van der Waals surface area contributed by atoms with E-state index < -0.39 is 21.9 Å². The number of para-hydroxylation sites is 1. The number of benzene rings is 3. The topological polar surface area (TPSA) is 102 Å². The summed E-state index contributed by atoms with van der Waals surface area (Å²) in [5.74, 6) is -0.961. The van der Waals surface area contributed by atoms with E-state index in [9.17, 15) is 18.0 Å². The summed E-state index contributed by atoms with van der Waals surface area (Å²) in [7, 11) is -3.74. The Hall–Kier alpha value is -3.65. The molecule has 0 radical (unpaired) electrons. The highest BCUT2D eigenvalue weighted by molar-refractivity contribution is 7.92.